The van der Waals surface area contributed by atoms with Gasteiger partial charge in [-0.2, -0.15) is 0 Å². The Kier molecular flexibility index (Phi) is 5.89. The van der Waals surface area contributed by atoms with Crippen LogP contribution in [0.2, 0.25) is 5.02 Å². The molecular weight excluding hydrogens is 394 g/mol. The molecule has 1 aromatic carbocycles. The van der Waals surface area contributed by atoms with Crippen LogP contribution in [-0.2, 0) is 6.54 Å². The predicted molar refractivity (Wildman–Crippen MR) is 104 cm³/mol. The van der Waals surface area contributed by atoms with Crippen LogP contribution < -0.4 is 10.6 Å². The second-order valence-electron chi connectivity index (χ2n) is 5.18. The number of benzene rings is 1. The van der Waals surface area contributed by atoms with E-state index in [2.05, 4.69) is 43.7 Å². The first-order valence-electron chi connectivity index (χ1n) is 7.45. The predicted octanol–water partition coefficient (Wildman–Crippen LogP) is 5.30. The molecule has 0 fully saturated rings. The van der Waals surface area contributed by atoms with Crippen LogP contribution in [0.4, 0.5) is 5.69 Å². The van der Waals surface area contributed by atoms with E-state index in [0.29, 0.717) is 5.02 Å². The van der Waals surface area contributed by atoms with Crippen molar-refractivity contribution in [2.24, 2.45) is 0 Å². The van der Waals surface area contributed by atoms with Crippen molar-refractivity contribution in [2.45, 2.75) is 13.0 Å². The van der Waals surface area contributed by atoms with Crippen molar-refractivity contribution in [3.05, 3.63) is 56.3 Å². The molecule has 0 unspecified atom stereocenters. The van der Waals surface area contributed by atoms with Gasteiger partial charge in [-0.05, 0) is 65.3 Å². The van der Waals surface area contributed by atoms with Crippen LogP contribution in [0.3, 0.4) is 0 Å². The summed E-state index contributed by atoms with van der Waals surface area (Å²) in [6.45, 7) is 2.83. The highest BCUT2D eigenvalue weighted by Gasteiger charge is 2.02. The Labute approximate surface area is 153 Å². The van der Waals surface area contributed by atoms with Crippen molar-refractivity contribution < 1.29 is 0 Å². The van der Waals surface area contributed by atoms with E-state index in [9.17, 15) is 0 Å². The monoisotopic (exact) mass is 409 g/mol. The van der Waals surface area contributed by atoms with Gasteiger partial charge in [0.05, 0.1) is 9.30 Å². The van der Waals surface area contributed by atoms with Gasteiger partial charge in [0.15, 0.2) is 0 Å². The first-order chi connectivity index (χ1) is 11.2. The Bertz CT molecular complexity index is 790. The van der Waals surface area contributed by atoms with Crippen molar-refractivity contribution in [1.29, 1.82) is 0 Å². The molecule has 3 rings (SSSR count). The van der Waals surface area contributed by atoms with Crippen LogP contribution in [0.15, 0.2) is 46.4 Å². The highest BCUT2D eigenvalue weighted by atomic mass is 79.9. The van der Waals surface area contributed by atoms with Crippen molar-refractivity contribution in [1.82, 2.24) is 10.3 Å². The normalized spacial score (nSPS) is 11.0. The number of anilines is 1. The third-order valence-corrected chi connectivity index (χ3v) is 5.34. The fourth-order valence-corrected chi connectivity index (χ4v) is 3.99. The van der Waals surface area contributed by atoms with Crippen molar-refractivity contribution in [2.75, 3.05) is 18.4 Å². The third kappa shape index (κ3) is 4.67. The summed E-state index contributed by atoms with van der Waals surface area (Å²) >= 11 is 11.3. The molecule has 2 heterocycles. The maximum Gasteiger partial charge on any atom is 0.0737 e. The highest BCUT2D eigenvalue weighted by Crippen LogP contribution is 2.24. The SMILES string of the molecule is Clc1ccc2c(NCCCNCc3ccc(Br)s3)ccnc2c1. The number of hydrogen-bond donors (Lipinski definition) is 2. The third-order valence-electron chi connectivity index (χ3n) is 3.48. The Hall–Kier alpha value is -1.14. The summed E-state index contributed by atoms with van der Waals surface area (Å²) in [7, 11) is 0. The number of thiophene rings is 1. The van der Waals surface area contributed by atoms with Crippen LogP contribution in [0.1, 0.15) is 11.3 Å². The second kappa shape index (κ2) is 8.11. The number of pyridine rings is 1. The molecule has 0 saturated carbocycles. The molecule has 3 aromatic rings. The van der Waals surface area contributed by atoms with E-state index in [1.807, 2.05) is 30.5 Å². The number of nitrogens with zero attached hydrogens (tertiary/aromatic N) is 1. The van der Waals surface area contributed by atoms with Crippen LogP contribution in [-0.4, -0.2) is 18.1 Å². The fourth-order valence-electron chi connectivity index (χ4n) is 2.37. The summed E-state index contributed by atoms with van der Waals surface area (Å²) in [5, 5.41) is 8.77. The number of nitrogens with one attached hydrogen (secondary N) is 2. The number of hydrogen-bond acceptors (Lipinski definition) is 4. The zero-order chi connectivity index (χ0) is 16.1. The van der Waals surface area contributed by atoms with Gasteiger partial charge in [0.2, 0.25) is 0 Å². The molecule has 0 spiro atoms. The smallest absolute Gasteiger partial charge is 0.0737 e. The number of fused-ring (bicyclic) bond motifs is 1. The van der Waals surface area contributed by atoms with E-state index in [1.165, 1.54) is 8.66 Å². The van der Waals surface area contributed by atoms with Gasteiger partial charge >= 0.3 is 0 Å². The van der Waals surface area contributed by atoms with Crippen LogP contribution in [0.25, 0.3) is 10.9 Å². The summed E-state index contributed by atoms with van der Waals surface area (Å²) in [5.74, 6) is 0. The van der Waals surface area contributed by atoms with E-state index in [-0.39, 0.29) is 0 Å². The standard InChI is InChI=1S/C17H17BrClN3S/c18-17-5-3-13(23-17)11-20-7-1-8-21-15-6-9-22-16-10-12(19)2-4-14(15)16/h2-6,9-10,20H,1,7-8,11H2,(H,21,22). The molecule has 0 amide bonds. The lowest BCUT2D eigenvalue weighted by Gasteiger charge is -2.10. The lowest BCUT2D eigenvalue weighted by molar-refractivity contribution is 0.669. The lowest BCUT2D eigenvalue weighted by atomic mass is 10.2. The van der Waals surface area contributed by atoms with Crippen molar-refractivity contribution in [3.63, 3.8) is 0 Å². The van der Waals surface area contributed by atoms with E-state index < -0.39 is 0 Å². The minimum absolute atomic E-state index is 0.714. The first-order valence-corrected chi connectivity index (χ1v) is 9.44. The molecule has 6 heteroatoms. The quantitative estimate of drug-likeness (QED) is 0.519. The average molecular weight is 411 g/mol. The lowest BCUT2D eigenvalue weighted by Crippen LogP contribution is -2.17. The van der Waals surface area contributed by atoms with E-state index in [1.54, 1.807) is 11.3 Å². The van der Waals surface area contributed by atoms with Gasteiger partial charge in [-0.25, -0.2) is 0 Å². The zero-order valence-corrected chi connectivity index (χ0v) is 15.6. The van der Waals surface area contributed by atoms with Crippen molar-refractivity contribution in [3.8, 4) is 0 Å². The Morgan fingerprint density at radius 1 is 1.13 bits per heavy atom. The van der Waals surface area contributed by atoms with E-state index in [0.717, 1.165) is 42.6 Å². The van der Waals surface area contributed by atoms with Gasteiger partial charge in [-0.1, -0.05) is 11.6 Å². The molecule has 0 aliphatic heterocycles. The fraction of sp³-hybridized carbons (Fsp3) is 0.235. The summed E-state index contributed by atoms with van der Waals surface area (Å²) in [6, 6.07) is 12.0. The Morgan fingerprint density at radius 3 is 2.87 bits per heavy atom. The summed E-state index contributed by atoms with van der Waals surface area (Å²) < 4.78 is 1.18. The molecule has 0 saturated heterocycles. The Balaban J connectivity index is 1.45. The highest BCUT2D eigenvalue weighted by molar-refractivity contribution is 9.11. The van der Waals surface area contributed by atoms with Gasteiger partial charge in [0, 0.05) is 40.3 Å². The average Bonchev–Trinajstić information content (AvgIpc) is 2.96. The summed E-state index contributed by atoms with van der Waals surface area (Å²) in [4.78, 5) is 5.71. The molecule has 0 bridgehead atoms. The first kappa shape index (κ1) is 16.7. The molecule has 0 atom stereocenters. The molecule has 23 heavy (non-hydrogen) atoms. The maximum absolute atomic E-state index is 6.01. The molecule has 3 nitrogen and oxygen atoms in total. The van der Waals surface area contributed by atoms with E-state index in [4.69, 9.17) is 11.6 Å². The number of rotatable bonds is 7. The minimum Gasteiger partial charge on any atom is -0.384 e. The molecule has 2 N–H and O–H groups in total. The minimum atomic E-state index is 0.714. The maximum atomic E-state index is 6.01. The summed E-state index contributed by atoms with van der Waals surface area (Å²) in [5.41, 5.74) is 2.03. The molecule has 0 aliphatic carbocycles. The zero-order valence-electron chi connectivity index (χ0n) is 12.5. The summed E-state index contributed by atoms with van der Waals surface area (Å²) in [6.07, 6.45) is 2.87. The van der Waals surface area contributed by atoms with Gasteiger partial charge in [0.25, 0.3) is 0 Å². The van der Waals surface area contributed by atoms with Gasteiger partial charge < -0.3 is 10.6 Å². The molecule has 0 aliphatic rings. The van der Waals surface area contributed by atoms with Crippen LogP contribution in [0.5, 0.6) is 0 Å². The molecular formula is C17H17BrClN3S. The molecule has 0 radical (unpaired) electrons. The van der Waals surface area contributed by atoms with Gasteiger partial charge in [-0.3, -0.25) is 4.98 Å². The second-order valence-corrected chi connectivity index (χ2v) is 8.17. The van der Waals surface area contributed by atoms with Gasteiger partial charge in [-0.15, -0.1) is 11.3 Å². The largest absolute Gasteiger partial charge is 0.384 e. The Morgan fingerprint density at radius 2 is 2.04 bits per heavy atom. The molecule has 2 aromatic heterocycles. The van der Waals surface area contributed by atoms with Gasteiger partial charge in [0.1, 0.15) is 0 Å². The van der Waals surface area contributed by atoms with Crippen LogP contribution in [0, 0.1) is 0 Å². The molecule has 120 valence electrons. The topological polar surface area (TPSA) is 37.0 Å². The van der Waals surface area contributed by atoms with Crippen LogP contribution >= 0.6 is 38.9 Å². The van der Waals surface area contributed by atoms with E-state index >= 15 is 0 Å². The number of halogens is 2. The van der Waals surface area contributed by atoms with Crippen molar-refractivity contribution >= 4 is 55.5 Å². The number of aromatic nitrogens is 1.